The van der Waals surface area contributed by atoms with Crippen LogP contribution in [0.2, 0.25) is 0 Å². The number of nitrogens with zero attached hydrogens (tertiary/aromatic N) is 4. The van der Waals surface area contributed by atoms with E-state index < -0.39 is 11.6 Å². The van der Waals surface area contributed by atoms with E-state index in [-0.39, 0.29) is 36.0 Å². The lowest BCUT2D eigenvalue weighted by Crippen LogP contribution is -2.39. The van der Waals surface area contributed by atoms with Gasteiger partial charge in [0.1, 0.15) is 23.8 Å². The monoisotopic (exact) mass is 478 g/mol. The smallest absolute Gasteiger partial charge is 0.191 e. The van der Waals surface area contributed by atoms with Crippen molar-refractivity contribution in [1.29, 1.82) is 0 Å². The van der Waals surface area contributed by atoms with Gasteiger partial charge in [0.2, 0.25) is 0 Å². The van der Waals surface area contributed by atoms with Gasteiger partial charge in [-0.05, 0) is 25.5 Å². The standard InChI is InChI=1S/C17H24F2N6.HI/c1-3-16-24-23-12-25(16)11-10-22-17(20-4-2)21-9-8-13-14(18)6-5-7-15(13)19;/h5-7,12H,3-4,8-11H2,1-2H3,(H2,20,21,22);1H. The molecule has 9 heteroatoms. The summed E-state index contributed by atoms with van der Waals surface area (Å²) >= 11 is 0. The van der Waals surface area contributed by atoms with Gasteiger partial charge in [-0.25, -0.2) is 8.78 Å². The number of benzene rings is 1. The Morgan fingerprint density at radius 1 is 1.19 bits per heavy atom. The Morgan fingerprint density at radius 2 is 1.92 bits per heavy atom. The van der Waals surface area contributed by atoms with E-state index in [1.165, 1.54) is 18.2 Å². The number of rotatable bonds is 8. The van der Waals surface area contributed by atoms with Crippen LogP contribution >= 0.6 is 24.0 Å². The molecule has 0 atom stereocenters. The highest BCUT2D eigenvalue weighted by Crippen LogP contribution is 2.12. The van der Waals surface area contributed by atoms with Gasteiger partial charge < -0.3 is 15.2 Å². The van der Waals surface area contributed by atoms with E-state index in [2.05, 4.69) is 25.8 Å². The minimum Gasteiger partial charge on any atom is -0.357 e. The fourth-order valence-corrected chi connectivity index (χ4v) is 2.43. The van der Waals surface area contributed by atoms with Crippen LogP contribution in [-0.4, -0.2) is 40.4 Å². The van der Waals surface area contributed by atoms with E-state index in [1.54, 1.807) is 6.33 Å². The summed E-state index contributed by atoms with van der Waals surface area (Å²) in [7, 11) is 0. The van der Waals surface area contributed by atoms with Gasteiger partial charge in [-0.1, -0.05) is 13.0 Å². The van der Waals surface area contributed by atoms with Crippen molar-refractivity contribution in [2.45, 2.75) is 33.2 Å². The van der Waals surface area contributed by atoms with Crippen molar-refractivity contribution in [3.8, 4) is 0 Å². The Hall–Kier alpha value is -1.78. The van der Waals surface area contributed by atoms with Gasteiger partial charge in [-0.3, -0.25) is 4.99 Å². The summed E-state index contributed by atoms with van der Waals surface area (Å²) in [6.07, 6.45) is 2.73. The van der Waals surface area contributed by atoms with Crippen molar-refractivity contribution in [2.24, 2.45) is 4.99 Å². The van der Waals surface area contributed by atoms with Gasteiger partial charge in [-0.2, -0.15) is 0 Å². The van der Waals surface area contributed by atoms with Gasteiger partial charge in [0.05, 0.1) is 0 Å². The summed E-state index contributed by atoms with van der Waals surface area (Å²) in [6.45, 7) is 6.34. The molecule has 1 heterocycles. The lowest BCUT2D eigenvalue weighted by molar-refractivity contribution is 0.555. The van der Waals surface area contributed by atoms with Crippen molar-refractivity contribution < 1.29 is 8.78 Å². The Balaban J connectivity index is 0.00000338. The van der Waals surface area contributed by atoms with Gasteiger partial charge in [-0.15, -0.1) is 34.2 Å². The van der Waals surface area contributed by atoms with E-state index in [0.717, 1.165) is 12.2 Å². The molecule has 0 fully saturated rings. The van der Waals surface area contributed by atoms with Crippen LogP contribution in [0, 0.1) is 11.6 Å². The summed E-state index contributed by atoms with van der Waals surface area (Å²) in [4.78, 5) is 4.37. The maximum absolute atomic E-state index is 13.6. The Labute approximate surface area is 169 Å². The zero-order chi connectivity index (χ0) is 18.1. The molecule has 0 aliphatic rings. The first-order valence-electron chi connectivity index (χ1n) is 8.47. The predicted octanol–water partition coefficient (Wildman–Crippen LogP) is 2.53. The number of hydrogen-bond acceptors (Lipinski definition) is 3. The molecule has 2 rings (SSSR count). The largest absolute Gasteiger partial charge is 0.357 e. The van der Waals surface area contributed by atoms with Crippen LogP contribution in [0.5, 0.6) is 0 Å². The van der Waals surface area contributed by atoms with Crippen LogP contribution in [0.25, 0.3) is 0 Å². The molecule has 0 bridgehead atoms. The molecule has 0 unspecified atom stereocenters. The van der Waals surface area contributed by atoms with Crippen LogP contribution in [0.3, 0.4) is 0 Å². The van der Waals surface area contributed by atoms with Crippen LogP contribution in [0.1, 0.15) is 25.2 Å². The summed E-state index contributed by atoms with van der Waals surface area (Å²) < 4.78 is 29.2. The third-order valence-corrected chi connectivity index (χ3v) is 3.69. The molecule has 6 nitrogen and oxygen atoms in total. The summed E-state index contributed by atoms with van der Waals surface area (Å²) in [5.41, 5.74) is 0.0687. The number of hydrogen-bond donors (Lipinski definition) is 2. The van der Waals surface area contributed by atoms with E-state index in [4.69, 9.17) is 0 Å². The number of guanidine groups is 1. The number of aryl methyl sites for hydroxylation is 1. The van der Waals surface area contributed by atoms with Crippen molar-refractivity contribution in [3.63, 3.8) is 0 Å². The normalized spacial score (nSPS) is 11.2. The highest BCUT2D eigenvalue weighted by atomic mass is 127. The summed E-state index contributed by atoms with van der Waals surface area (Å²) in [5.74, 6) is 0.477. The van der Waals surface area contributed by atoms with Gasteiger partial charge in [0, 0.05) is 38.2 Å². The van der Waals surface area contributed by atoms with Crippen molar-refractivity contribution in [1.82, 2.24) is 25.4 Å². The molecular weight excluding hydrogens is 453 g/mol. The average molecular weight is 478 g/mol. The Morgan fingerprint density at radius 3 is 2.58 bits per heavy atom. The van der Waals surface area contributed by atoms with Crippen LogP contribution in [0.15, 0.2) is 29.5 Å². The fraction of sp³-hybridized carbons (Fsp3) is 0.471. The third kappa shape index (κ3) is 6.50. The van der Waals surface area contributed by atoms with E-state index in [9.17, 15) is 8.78 Å². The first-order valence-corrected chi connectivity index (χ1v) is 8.47. The number of halogens is 3. The van der Waals surface area contributed by atoms with Crippen LogP contribution in [-0.2, 0) is 19.4 Å². The molecule has 144 valence electrons. The zero-order valence-electron chi connectivity index (χ0n) is 15.0. The van der Waals surface area contributed by atoms with E-state index in [0.29, 0.717) is 32.1 Å². The minimum atomic E-state index is -0.534. The molecule has 2 aromatic rings. The molecule has 2 N–H and O–H groups in total. The second-order valence-electron chi connectivity index (χ2n) is 5.43. The molecule has 1 aromatic heterocycles. The number of aliphatic imine (C=N–C) groups is 1. The summed E-state index contributed by atoms with van der Waals surface area (Å²) in [5, 5.41) is 14.3. The second-order valence-corrected chi connectivity index (χ2v) is 5.43. The van der Waals surface area contributed by atoms with Gasteiger partial charge in [0.25, 0.3) is 0 Å². The zero-order valence-corrected chi connectivity index (χ0v) is 17.3. The first-order chi connectivity index (χ1) is 12.2. The Kier molecular flexibility index (Phi) is 10.1. The molecule has 0 aliphatic heterocycles. The summed E-state index contributed by atoms with van der Waals surface area (Å²) in [6, 6.07) is 3.88. The van der Waals surface area contributed by atoms with Crippen LogP contribution < -0.4 is 10.6 Å². The van der Waals surface area contributed by atoms with Crippen molar-refractivity contribution in [2.75, 3.05) is 19.6 Å². The van der Waals surface area contributed by atoms with Gasteiger partial charge in [0.15, 0.2) is 5.96 Å². The average Bonchev–Trinajstić information content (AvgIpc) is 3.05. The molecule has 0 saturated carbocycles. The first kappa shape index (κ1) is 22.3. The van der Waals surface area contributed by atoms with Gasteiger partial charge >= 0.3 is 0 Å². The minimum absolute atomic E-state index is 0. The fourth-order valence-electron chi connectivity index (χ4n) is 2.43. The molecule has 0 amide bonds. The number of nitrogens with one attached hydrogen (secondary N) is 2. The molecular formula is C17H25F2IN6. The number of aromatic nitrogens is 3. The van der Waals surface area contributed by atoms with Crippen molar-refractivity contribution in [3.05, 3.63) is 47.5 Å². The molecule has 0 aliphatic carbocycles. The van der Waals surface area contributed by atoms with E-state index in [1.807, 2.05) is 18.4 Å². The highest BCUT2D eigenvalue weighted by molar-refractivity contribution is 14.0. The van der Waals surface area contributed by atoms with E-state index >= 15 is 0 Å². The maximum Gasteiger partial charge on any atom is 0.191 e. The maximum atomic E-state index is 13.6. The molecule has 0 saturated heterocycles. The third-order valence-electron chi connectivity index (χ3n) is 3.69. The Bertz CT molecular complexity index is 684. The molecule has 0 radical (unpaired) electrons. The molecule has 0 spiro atoms. The lowest BCUT2D eigenvalue weighted by atomic mass is 10.1. The second kappa shape index (κ2) is 11.8. The quantitative estimate of drug-likeness (QED) is 0.348. The molecule has 1 aromatic carbocycles. The highest BCUT2D eigenvalue weighted by Gasteiger charge is 2.08. The lowest BCUT2D eigenvalue weighted by Gasteiger charge is -2.12. The molecule has 26 heavy (non-hydrogen) atoms. The predicted molar refractivity (Wildman–Crippen MR) is 109 cm³/mol. The van der Waals surface area contributed by atoms with Crippen LogP contribution in [0.4, 0.5) is 8.78 Å². The topological polar surface area (TPSA) is 67.1 Å². The van der Waals surface area contributed by atoms with Crippen molar-refractivity contribution >= 4 is 29.9 Å². The SMILES string of the molecule is CCNC(=NCCc1c(F)cccc1F)NCCn1cnnc1CC.I.